The minimum Gasteiger partial charge on any atom is -0.308 e. The van der Waals surface area contributed by atoms with Crippen LogP contribution in [0.4, 0.5) is 0 Å². The summed E-state index contributed by atoms with van der Waals surface area (Å²) in [5.74, 6) is 0. The van der Waals surface area contributed by atoms with E-state index in [-0.39, 0.29) is 11.2 Å². The minimum absolute atomic E-state index is 0.244. The molecule has 1 fully saturated rings. The van der Waals surface area contributed by atoms with Crippen molar-refractivity contribution in [2.24, 2.45) is 19.5 Å². The lowest BCUT2D eigenvalue weighted by Crippen LogP contribution is -2.39. The van der Waals surface area contributed by atoms with Crippen LogP contribution in [0, 0.1) is 5.41 Å². The second kappa shape index (κ2) is 4.96. The van der Waals surface area contributed by atoms with Crippen LogP contribution in [0.2, 0.25) is 0 Å². The summed E-state index contributed by atoms with van der Waals surface area (Å²) in [5.41, 5.74) is 0.636. The molecule has 0 aliphatic heterocycles. The van der Waals surface area contributed by atoms with Gasteiger partial charge in [0.2, 0.25) is 0 Å². The molecular weight excluding hydrogens is 242 g/mol. The zero-order valence-electron chi connectivity index (χ0n) is 12.2. The molecule has 0 aromatic carbocycles. The molecule has 1 atom stereocenters. The van der Waals surface area contributed by atoms with Crippen LogP contribution in [-0.2, 0) is 20.6 Å². The molecule has 1 aliphatic rings. The summed E-state index contributed by atoms with van der Waals surface area (Å²) in [6.07, 6.45) is 3.53. The van der Waals surface area contributed by atoms with E-state index in [9.17, 15) is 9.59 Å². The summed E-state index contributed by atoms with van der Waals surface area (Å²) in [6.45, 7) is 5.13. The van der Waals surface area contributed by atoms with E-state index >= 15 is 0 Å². The summed E-state index contributed by atoms with van der Waals surface area (Å²) in [7, 11) is 3.21. The normalized spacial score (nSPS) is 21.8. The fraction of sp³-hybridized carbons (Fsp3) is 0.714. The summed E-state index contributed by atoms with van der Waals surface area (Å²) in [5, 5.41) is 3.46. The highest BCUT2D eigenvalue weighted by molar-refractivity contribution is 5.02. The summed E-state index contributed by atoms with van der Waals surface area (Å²) in [4.78, 5) is 23.4. The Hall–Kier alpha value is -1.36. The summed E-state index contributed by atoms with van der Waals surface area (Å²) in [6, 6.07) is 2.02. The number of aromatic nitrogens is 2. The SMILES string of the molecule is Cn1c(CNC2CCC(C)(C)C2)cc(=O)n(C)c1=O. The lowest BCUT2D eigenvalue weighted by atomic mass is 9.92. The Labute approximate surface area is 113 Å². The Morgan fingerprint density at radius 2 is 2.00 bits per heavy atom. The van der Waals surface area contributed by atoms with E-state index in [4.69, 9.17) is 0 Å². The van der Waals surface area contributed by atoms with Gasteiger partial charge in [0.25, 0.3) is 5.56 Å². The Balaban J connectivity index is 2.09. The van der Waals surface area contributed by atoms with Gasteiger partial charge in [-0.25, -0.2) is 4.79 Å². The van der Waals surface area contributed by atoms with Gasteiger partial charge in [0, 0.05) is 38.4 Å². The van der Waals surface area contributed by atoms with Crippen LogP contribution in [0.15, 0.2) is 15.7 Å². The molecule has 1 aromatic heterocycles. The molecule has 2 rings (SSSR count). The van der Waals surface area contributed by atoms with Crippen molar-refractivity contribution in [1.29, 1.82) is 0 Å². The van der Waals surface area contributed by atoms with E-state index in [1.54, 1.807) is 7.05 Å². The van der Waals surface area contributed by atoms with Gasteiger partial charge in [0.15, 0.2) is 0 Å². The zero-order chi connectivity index (χ0) is 14.2. The van der Waals surface area contributed by atoms with Gasteiger partial charge < -0.3 is 5.32 Å². The largest absolute Gasteiger partial charge is 0.330 e. The van der Waals surface area contributed by atoms with Gasteiger partial charge in [-0.1, -0.05) is 13.8 Å². The van der Waals surface area contributed by atoms with Crippen molar-refractivity contribution in [3.8, 4) is 0 Å². The van der Waals surface area contributed by atoms with Crippen molar-refractivity contribution in [3.05, 3.63) is 32.6 Å². The van der Waals surface area contributed by atoms with Gasteiger partial charge in [-0.05, 0) is 24.7 Å². The summed E-state index contributed by atoms with van der Waals surface area (Å²) < 4.78 is 2.66. The second-order valence-corrected chi connectivity index (χ2v) is 6.36. The maximum absolute atomic E-state index is 11.8. The number of hydrogen-bond acceptors (Lipinski definition) is 3. The second-order valence-electron chi connectivity index (χ2n) is 6.36. The van der Waals surface area contributed by atoms with Gasteiger partial charge in [0.1, 0.15) is 0 Å². The molecule has 19 heavy (non-hydrogen) atoms. The third kappa shape index (κ3) is 2.97. The van der Waals surface area contributed by atoms with Gasteiger partial charge >= 0.3 is 5.69 Å². The molecule has 0 spiro atoms. The molecule has 5 nitrogen and oxygen atoms in total. The lowest BCUT2D eigenvalue weighted by Gasteiger charge is -2.18. The van der Waals surface area contributed by atoms with E-state index < -0.39 is 0 Å². The lowest BCUT2D eigenvalue weighted by molar-refractivity contribution is 0.363. The fourth-order valence-corrected chi connectivity index (χ4v) is 2.81. The highest BCUT2D eigenvalue weighted by Crippen LogP contribution is 2.36. The first-order valence-corrected chi connectivity index (χ1v) is 6.79. The third-order valence-corrected chi connectivity index (χ3v) is 4.17. The zero-order valence-corrected chi connectivity index (χ0v) is 12.2. The average Bonchev–Trinajstić information content (AvgIpc) is 2.69. The van der Waals surface area contributed by atoms with Gasteiger partial charge in [-0.15, -0.1) is 0 Å². The van der Waals surface area contributed by atoms with Crippen molar-refractivity contribution in [2.45, 2.75) is 45.7 Å². The predicted octanol–water partition coefficient (Wildman–Crippen LogP) is 0.752. The number of hydrogen-bond donors (Lipinski definition) is 1. The minimum atomic E-state index is -0.268. The van der Waals surface area contributed by atoms with Crippen LogP contribution in [0.25, 0.3) is 0 Å². The average molecular weight is 265 g/mol. The fourth-order valence-electron chi connectivity index (χ4n) is 2.81. The Bertz CT molecular complexity index is 583. The van der Waals surface area contributed by atoms with E-state index in [1.807, 2.05) is 0 Å². The van der Waals surface area contributed by atoms with Crippen molar-refractivity contribution in [2.75, 3.05) is 0 Å². The number of nitrogens with zero attached hydrogens (tertiary/aromatic N) is 2. The smallest absolute Gasteiger partial charge is 0.308 e. The molecule has 1 heterocycles. The highest BCUT2D eigenvalue weighted by atomic mass is 16.2. The quantitative estimate of drug-likeness (QED) is 0.877. The van der Waals surface area contributed by atoms with Gasteiger partial charge in [-0.2, -0.15) is 0 Å². The Morgan fingerprint density at radius 1 is 1.32 bits per heavy atom. The van der Waals surface area contributed by atoms with Crippen molar-refractivity contribution in [1.82, 2.24) is 14.5 Å². The molecule has 106 valence electrons. The molecule has 0 saturated heterocycles. The maximum Gasteiger partial charge on any atom is 0.330 e. The Kier molecular flexibility index (Phi) is 3.67. The van der Waals surface area contributed by atoms with E-state index in [0.717, 1.165) is 23.1 Å². The monoisotopic (exact) mass is 265 g/mol. The molecular formula is C14H23N3O2. The first kappa shape index (κ1) is 14.1. The van der Waals surface area contributed by atoms with Crippen LogP contribution in [0.3, 0.4) is 0 Å². The molecule has 5 heteroatoms. The van der Waals surface area contributed by atoms with Crippen LogP contribution in [0.5, 0.6) is 0 Å². The van der Waals surface area contributed by atoms with Crippen LogP contribution < -0.4 is 16.6 Å². The number of nitrogens with one attached hydrogen (secondary N) is 1. The van der Waals surface area contributed by atoms with Crippen molar-refractivity contribution < 1.29 is 0 Å². The van der Waals surface area contributed by atoms with Crippen LogP contribution in [-0.4, -0.2) is 15.2 Å². The summed E-state index contributed by atoms with van der Waals surface area (Å²) >= 11 is 0. The van der Waals surface area contributed by atoms with E-state index in [2.05, 4.69) is 19.2 Å². The first-order valence-electron chi connectivity index (χ1n) is 6.79. The maximum atomic E-state index is 11.8. The molecule has 0 radical (unpaired) electrons. The molecule has 1 saturated carbocycles. The molecule has 1 N–H and O–H groups in total. The van der Waals surface area contributed by atoms with E-state index in [0.29, 0.717) is 18.0 Å². The molecule has 1 unspecified atom stereocenters. The van der Waals surface area contributed by atoms with Crippen LogP contribution >= 0.6 is 0 Å². The topological polar surface area (TPSA) is 56.0 Å². The van der Waals surface area contributed by atoms with Crippen LogP contribution in [0.1, 0.15) is 38.8 Å². The van der Waals surface area contributed by atoms with Crippen molar-refractivity contribution in [3.63, 3.8) is 0 Å². The molecule has 0 amide bonds. The standard InChI is InChI=1S/C14H23N3O2/c1-14(2)6-5-10(8-14)15-9-11-7-12(18)17(4)13(19)16(11)3/h7,10,15H,5-6,8-9H2,1-4H3. The van der Waals surface area contributed by atoms with E-state index in [1.165, 1.54) is 24.1 Å². The van der Waals surface area contributed by atoms with Crippen molar-refractivity contribution >= 4 is 0 Å². The van der Waals surface area contributed by atoms with Gasteiger partial charge in [0.05, 0.1) is 0 Å². The Morgan fingerprint density at radius 3 is 2.58 bits per heavy atom. The molecule has 0 bridgehead atoms. The van der Waals surface area contributed by atoms with Gasteiger partial charge in [-0.3, -0.25) is 13.9 Å². The highest BCUT2D eigenvalue weighted by Gasteiger charge is 2.30. The predicted molar refractivity (Wildman–Crippen MR) is 75.2 cm³/mol. The molecule has 1 aliphatic carbocycles. The third-order valence-electron chi connectivity index (χ3n) is 4.17. The first-order chi connectivity index (χ1) is 8.80. The molecule has 1 aromatic rings. The number of rotatable bonds is 3.